The first-order valence-electron chi connectivity index (χ1n) is 13.2. The molecule has 4 aromatic rings. The number of nitriles is 1. The van der Waals surface area contributed by atoms with Crippen LogP contribution in [0.15, 0.2) is 99.4 Å². The molecule has 0 saturated heterocycles. The van der Waals surface area contributed by atoms with Crippen LogP contribution in [-0.2, 0) is 24.2 Å². The predicted molar refractivity (Wildman–Crippen MR) is 168 cm³/mol. The first-order valence-corrected chi connectivity index (χ1v) is 14.8. The van der Waals surface area contributed by atoms with E-state index in [2.05, 4.69) is 37.2 Å². The summed E-state index contributed by atoms with van der Waals surface area (Å²) in [5.41, 5.74) is 1.05. The molecule has 44 heavy (non-hydrogen) atoms. The molecule has 1 amide bonds. The Labute approximate surface area is 269 Å². The minimum Gasteiger partial charge on any atom is -0.490 e. The summed E-state index contributed by atoms with van der Waals surface area (Å²) in [6.07, 6.45) is -3.24. The topological polar surface area (TPSA) is 80.6 Å². The van der Waals surface area contributed by atoms with Crippen LogP contribution in [0.4, 0.5) is 18.9 Å². The molecule has 0 aliphatic carbocycles. The van der Waals surface area contributed by atoms with Crippen molar-refractivity contribution in [3.8, 4) is 23.3 Å². The third-order valence-electron chi connectivity index (χ3n) is 6.07. The van der Waals surface area contributed by atoms with Gasteiger partial charge in [-0.05, 0) is 104 Å². The van der Waals surface area contributed by atoms with Gasteiger partial charge in [0.05, 0.1) is 21.1 Å². The Kier molecular flexibility index (Phi) is 11.1. The maximum Gasteiger partial charge on any atom is 0.416 e. The number of rotatable bonds is 11. The van der Waals surface area contributed by atoms with E-state index in [0.29, 0.717) is 45.0 Å². The fourth-order valence-corrected chi connectivity index (χ4v) is 5.46. The van der Waals surface area contributed by atoms with E-state index in [9.17, 15) is 23.2 Å². The second-order valence-corrected chi connectivity index (χ2v) is 11.0. The van der Waals surface area contributed by atoms with Gasteiger partial charge < -0.3 is 19.5 Å². The number of benzene rings is 4. The predicted octanol–water partition coefficient (Wildman–Crippen LogP) is 9.33. The molecule has 226 valence electrons. The SMILES string of the molecule is CCOc1cc(COc2c(Br)cc(/C=C(\C#N)C(=O)Nc3cccc(C(F)(F)F)c3)cc2Br)ccc1OCc1ccccc1. The summed E-state index contributed by atoms with van der Waals surface area (Å²) < 4.78 is 58.0. The van der Waals surface area contributed by atoms with Crippen LogP contribution in [0.5, 0.6) is 17.2 Å². The largest absolute Gasteiger partial charge is 0.490 e. The summed E-state index contributed by atoms with van der Waals surface area (Å²) >= 11 is 6.95. The van der Waals surface area contributed by atoms with Crippen LogP contribution in [0.1, 0.15) is 29.2 Å². The van der Waals surface area contributed by atoms with Crippen molar-refractivity contribution in [1.82, 2.24) is 0 Å². The minimum atomic E-state index is -4.57. The Morgan fingerprint density at radius 1 is 0.864 bits per heavy atom. The number of amides is 1. The van der Waals surface area contributed by atoms with Crippen LogP contribution in [0.3, 0.4) is 0 Å². The van der Waals surface area contributed by atoms with Gasteiger partial charge in [0.1, 0.15) is 30.6 Å². The number of carbonyl (C=O) groups is 1. The van der Waals surface area contributed by atoms with Crippen LogP contribution in [0, 0.1) is 11.3 Å². The number of nitrogens with one attached hydrogen (secondary N) is 1. The van der Waals surface area contributed by atoms with E-state index in [4.69, 9.17) is 14.2 Å². The van der Waals surface area contributed by atoms with Gasteiger partial charge in [-0.25, -0.2) is 0 Å². The summed E-state index contributed by atoms with van der Waals surface area (Å²) in [5.74, 6) is 0.844. The number of hydrogen-bond acceptors (Lipinski definition) is 5. The monoisotopic (exact) mass is 728 g/mol. The van der Waals surface area contributed by atoms with E-state index >= 15 is 0 Å². The summed E-state index contributed by atoms with van der Waals surface area (Å²) in [7, 11) is 0. The smallest absolute Gasteiger partial charge is 0.416 e. The third-order valence-corrected chi connectivity index (χ3v) is 7.25. The van der Waals surface area contributed by atoms with Gasteiger partial charge in [-0.3, -0.25) is 4.79 Å². The van der Waals surface area contributed by atoms with Crippen molar-refractivity contribution in [3.05, 3.63) is 122 Å². The molecular weight excluding hydrogens is 705 g/mol. The van der Waals surface area contributed by atoms with Crippen LogP contribution >= 0.6 is 31.9 Å². The highest BCUT2D eigenvalue weighted by Gasteiger charge is 2.30. The molecule has 0 unspecified atom stereocenters. The molecule has 0 bridgehead atoms. The van der Waals surface area contributed by atoms with Gasteiger partial charge in [0.15, 0.2) is 11.5 Å². The van der Waals surface area contributed by atoms with E-state index in [1.807, 2.05) is 55.5 Å². The fraction of sp³-hybridized carbons (Fsp3) is 0.152. The fourth-order valence-electron chi connectivity index (χ4n) is 4.01. The number of ether oxygens (including phenoxy) is 3. The van der Waals surface area contributed by atoms with Gasteiger partial charge in [0.2, 0.25) is 0 Å². The van der Waals surface area contributed by atoms with Crippen LogP contribution in [0.2, 0.25) is 0 Å². The lowest BCUT2D eigenvalue weighted by molar-refractivity contribution is -0.137. The van der Waals surface area contributed by atoms with E-state index in [1.54, 1.807) is 18.2 Å². The zero-order chi connectivity index (χ0) is 31.7. The number of nitrogens with zero attached hydrogens (tertiary/aromatic N) is 1. The lowest BCUT2D eigenvalue weighted by atomic mass is 10.1. The molecule has 6 nitrogen and oxygen atoms in total. The van der Waals surface area contributed by atoms with E-state index in [-0.39, 0.29) is 17.9 Å². The second-order valence-electron chi connectivity index (χ2n) is 9.29. The molecule has 0 aliphatic heterocycles. The summed E-state index contributed by atoms with van der Waals surface area (Å²) in [6, 6.07) is 24.7. The summed E-state index contributed by atoms with van der Waals surface area (Å²) in [6.45, 7) is 2.95. The number of alkyl halides is 3. The molecule has 1 N–H and O–H groups in total. The lowest BCUT2D eigenvalue weighted by Gasteiger charge is -2.15. The molecule has 0 fully saturated rings. The van der Waals surface area contributed by atoms with Crippen LogP contribution < -0.4 is 19.5 Å². The Morgan fingerprint density at radius 2 is 1.57 bits per heavy atom. The van der Waals surface area contributed by atoms with Crippen LogP contribution in [0.25, 0.3) is 6.08 Å². The molecule has 0 aliphatic rings. The Morgan fingerprint density at radius 3 is 2.23 bits per heavy atom. The summed E-state index contributed by atoms with van der Waals surface area (Å²) in [4.78, 5) is 12.7. The van der Waals surface area contributed by atoms with Gasteiger partial charge in [-0.15, -0.1) is 0 Å². The second kappa shape index (κ2) is 14.9. The quantitative estimate of drug-likeness (QED) is 0.123. The van der Waals surface area contributed by atoms with Gasteiger partial charge in [0, 0.05) is 5.69 Å². The van der Waals surface area contributed by atoms with Crippen molar-refractivity contribution in [2.45, 2.75) is 26.3 Å². The van der Waals surface area contributed by atoms with Crippen LogP contribution in [-0.4, -0.2) is 12.5 Å². The van der Waals surface area contributed by atoms with E-state index < -0.39 is 17.6 Å². The Bertz CT molecular complexity index is 1680. The Balaban J connectivity index is 1.45. The first-order chi connectivity index (χ1) is 21.1. The zero-order valence-electron chi connectivity index (χ0n) is 23.3. The van der Waals surface area contributed by atoms with Gasteiger partial charge in [-0.2, -0.15) is 18.4 Å². The number of halogens is 5. The number of anilines is 1. The first kappa shape index (κ1) is 32.6. The highest BCUT2D eigenvalue weighted by atomic mass is 79.9. The molecular formula is C33H25Br2F3N2O4. The van der Waals surface area contributed by atoms with Crippen molar-refractivity contribution in [2.24, 2.45) is 0 Å². The van der Waals surface area contributed by atoms with Crippen molar-refractivity contribution in [3.63, 3.8) is 0 Å². The lowest BCUT2D eigenvalue weighted by Crippen LogP contribution is -2.14. The van der Waals surface area contributed by atoms with Gasteiger partial charge >= 0.3 is 6.18 Å². The number of hydrogen-bond donors (Lipinski definition) is 1. The molecule has 0 atom stereocenters. The maximum atomic E-state index is 13.0. The molecule has 0 spiro atoms. The maximum absolute atomic E-state index is 13.0. The highest BCUT2D eigenvalue weighted by molar-refractivity contribution is 9.11. The van der Waals surface area contributed by atoms with Crippen molar-refractivity contribution in [1.29, 1.82) is 5.26 Å². The molecule has 11 heteroatoms. The molecule has 4 aromatic carbocycles. The minimum absolute atomic E-state index is 0.0830. The van der Waals surface area contributed by atoms with Gasteiger partial charge in [0.25, 0.3) is 5.91 Å². The molecule has 0 heterocycles. The average molecular weight is 730 g/mol. The normalized spacial score (nSPS) is 11.4. The Hall–Kier alpha value is -4.27. The van der Waals surface area contributed by atoms with Crippen molar-refractivity contribution >= 4 is 49.5 Å². The van der Waals surface area contributed by atoms with Gasteiger partial charge in [-0.1, -0.05) is 42.5 Å². The molecule has 0 saturated carbocycles. The van der Waals surface area contributed by atoms with E-state index in [0.717, 1.165) is 23.3 Å². The third kappa shape index (κ3) is 8.88. The molecule has 0 radical (unpaired) electrons. The zero-order valence-corrected chi connectivity index (χ0v) is 26.4. The number of carbonyl (C=O) groups excluding carboxylic acids is 1. The molecule has 4 rings (SSSR count). The van der Waals surface area contributed by atoms with Crippen molar-refractivity contribution in [2.75, 3.05) is 11.9 Å². The highest BCUT2D eigenvalue weighted by Crippen LogP contribution is 2.37. The van der Waals surface area contributed by atoms with E-state index in [1.165, 1.54) is 18.2 Å². The van der Waals surface area contributed by atoms with Crippen molar-refractivity contribution < 1.29 is 32.2 Å². The average Bonchev–Trinajstić information content (AvgIpc) is 2.99. The summed E-state index contributed by atoms with van der Waals surface area (Å²) in [5, 5.41) is 11.9. The standard InChI is InChI=1S/C33H25Br2F3N2O4/c1-2-42-30-16-22(11-12-29(30)43-19-21-7-4-3-5-8-21)20-44-31-27(34)14-23(15-28(31)35)13-24(18-39)32(41)40-26-10-6-9-25(17-26)33(36,37)38/h3-17H,2,19-20H2,1H3,(H,40,41)/b24-13+. The molecule has 0 aromatic heterocycles.